The molecule has 0 radical (unpaired) electrons. The summed E-state index contributed by atoms with van der Waals surface area (Å²) in [5, 5.41) is 8.92. The number of aliphatic hydroxyl groups is 1. The van der Waals surface area contributed by atoms with E-state index < -0.39 is 11.7 Å². The molecule has 0 aliphatic carbocycles. The lowest BCUT2D eigenvalue weighted by molar-refractivity contribution is 0.0589. The van der Waals surface area contributed by atoms with Crippen molar-refractivity contribution in [3.63, 3.8) is 0 Å². The number of benzene rings is 1. The van der Waals surface area contributed by atoms with Crippen LogP contribution in [0, 0.1) is 0 Å². The van der Waals surface area contributed by atoms with Gasteiger partial charge in [-0.05, 0) is 38.5 Å². The lowest BCUT2D eigenvalue weighted by Gasteiger charge is -2.24. The summed E-state index contributed by atoms with van der Waals surface area (Å²) in [4.78, 5) is 13.2. The van der Waals surface area contributed by atoms with Crippen molar-refractivity contribution in [3.05, 3.63) is 29.8 Å². The van der Waals surface area contributed by atoms with Crippen LogP contribution in [0.4, 0.5) is 10.5 Å². The summed E-state index contributed by atoms with van der Waals surface area (Å²) in [6, 6.07) is 7.09. The van der Waals surface area contributed by atoms with Gasteiger partial charge < -0.3 is 9.84 Å². The second-order valence-electron chi connectivity index (χ2n) is 4.86. The topological polar surface area (TPSA) is 49.8 Å². The molecule has 0 aliphatic rings. The predicted octanol–water partition coefficient (Wildman–Crippen LogP) is 2.55. The van der Waals surface area contributed by atoms with Gasteiger partial charge in [0.15, 0.2) is 0 Å². The molecule has 94 valence electrons. The van der Waals surface area contributed by atoms with Crippen LogP contribution in [0.25, 0.3) is 0 Å². The molecule has 1 rings (SSSR count). The minimum Gasteiger partial charge on any atom is -0.443 e. The van der Waals surface area contributed by atoms with E-state index in [2.05, 4.69) is 0 Å². The van der Waals surface area contributed by atoms with Crippen molar-refractivity contribution >= 4 is 11.8 Å². The van der Waals surface area contributed by atoms with Crippen molar-refractivity contribution in [2.24, 2.45) is 0 Å². The summed E-state index contributed by atoms with van der Waals surface area (Å²) in [5.41, 5.74) is 1.04. The summed E-state index contributed by atoms with van der Waals surface area (Å²) in [6.07, 6.45) is -0.394. The van der Waals surface area contributed by atoms with E-state index in [1.807, 2.05) is 20.8 Å². The maximum atomic E-state index is 11.8. The van der Waals surface area contributed by atoms with Crippen molar-refractivity contribution < 1.29 is 14.6 Å². The summed E-state index contributed by atoms with van der Waals surface area (Å²) < 4.78 is 5.25. The van der Waals surface area contributed by atoms with Gasteiger partial charge >= 0.3 is 6.09 Å². The van der Waals surface area contributed by atoms with E-state index in [0.717, 1.165) is 11.3 Å². The smallest absolute Gasteiger partial charge is 0.414 e. The lowest BCUT2D eigenvalue weighted by Crippen LogP contribution is -2.34. The largest absolute Gasteiger partial charge is 0.443 e. The third kappa shape index (κ3) is 4.07. The van der Waals surface area contributed by atoms with Gasteiger partial charge in [0.2, 0.25) is 0 Å². The van der Waals surface area contributed by atoms with Gasteiger partial charge in [0.25, 0.3) is 0 Å². The molecule has 1 aromatic carbocycles. The molecule has 0 spiro atoms. The highest BCUT2D eigenvalue weighted by Gasteiger charge is 2.20. The molecule has 0 atom stereocenters. The summed E-state index contributed by atoms with van der Waals surface area (Å²) >= 11 is 0. The molecule has 0 bridgehead atoms. The lowest BCUT2D eigenvalue weighted by atomic mass is 10.2. The van der Waals surface area contributed by atoms with Gasteiger partial charge in [-0.25, -0.2) is 4.79 Å². The van der Waals surface area contributed by atoms with Gasteiger partial charge in [-0.3, -0.25) is 4.90 Å². The van der Waals surface area contributed by atoms with E-state index in [-0.39, 0.29) is 6.61 Å². The van der Waals surface area contributed by atoms with Crippen molar-refractivity contribution in [1.29, 1.82) is 0 Å². The van der Waals surface area contributed by atoms with E-state index >= 15 is 0 Å². The van der Waals surface area contributed by atoms with Crippen molar-refractivity contribution in [1.82, 2.24) is 0 Å². The van der Waals surface area contributed by atoms with E-state index in [1.165, 1.54) is 4.90 Å². The second kappa shape index (κ2) is 5.19. The van der Waals surface area contributed by atoms with Crippen molar-refractivity contribution in [3.8, 4) is 0 Å². The fourth-order valence-corrected chi connectivity index (χ4v) is 1.26. The molecule has 0 aliphatic heterocycles. The first-order valence-corrected chi connectivity index (χ1v) is 5.50. The highest BCUT2D eigenvalue weighted by atomic mass is 16.6. The van der Waals surface area contributed by atoms with Gasteiger partial charge in [0.1, 0.15) is 5.60 Å². The molecule has 1 aromatic rings. The molecule has 17 heavy (non-hydrogen) atoms. The Hall–Kier alpha value is -1.55. The molecule has 0 fully saturated rings. The zero-order valence-electron chi connectivity index (χ0n) is 10.7. The minimum absolute atomic E-state index is 0.00354. The molecule has 0 heterocycles. The molecule has 1 amide bonds. The first kappa shape index (κ1) is 13.5. The zero-order valence-corrected chi connectivity index (χ0v) is 10.7. The monoisotopic (exact) mass is 237 g/mol. The Morgan fingerprint density at radius 3 is 2.24 bits per heavy atom. The minimum atomic E-state index is -0.504. The van der Waals surface area contributed by atoms with Crippen molar-refractivity contribution in [2.45, 2.75) is 33.0 Å². The number of hydrogen-bond donors (Lipinski definition) is 1. The highest BCUT2D eigenvalue weighted by Crippen LogP contribution is 2.17. The fraction of sp³-hybridized carbons (Fsp3) is 0.462. The van der Waals surface area contributed by atoms with Gasteiger partial charge in [0.05, 0.1) is 6.61 Å². The van der Waals surface area contributed by atoms with E-state index in [0.29, 0.717) is 0 Å². The molecule has 0 aromatic heterocycles. The first-order chi connectivity index (χ1) is 7.83. The Bertz CT molecular complexity index is 379. The molecule has 1 N–H and O–H groups in total. The molecule has 0 unspecified atom stereocenters. The van der Waals surface area contributed by atoms with Crippen LogP contribution in [0.2, 0.25) is 0 Å². The van der Waals surface area contributed by atoms with Crippen LogP contribution in [-0.2, 0) is 11.3 Å². The van der Waals surface area contributed by atoms with Crippen LogP contribution < -0.4 is 4.90 Å². The predicted molar refractivity (Wildman–Crippen MR) is 67.0 cm³/mol. The molecular formula is C13H19NO3. The molecule has 0 saturated carbocycles. The summed E-state index contributed by atoms with van der Waals surface area (Å²) in [5.74, 6) is 0. The number of carbonyl (C=O) groups excluding carboxylic acids is 1. The number of rotatable bonds is 2. The Balaban J connectivity index is 2.74. The average molecular weight is 237 g/mol. The number of hydrogen-bond acceptors (Lipinski definition) is 3. The normalized spacial score (nSPS) is 11.1. The van der Waals surface area contributed by atoms with Crippen LogP contribution in [0.5, 0.6) is 0 Å². The number of carbonyl (C=O) groups is 1. The number of anilines is 1. The Morgan fingerprint density at radius 2 is 1.82 bits per heavy atom. The highest BCUT2D eigenvalue weighted by molar-refractivity contribution is 5.87. The van der Waals surface area contributed by atoms with Crippen LogP contribution in [0.3, 0.4) is 0 Å². The Morgan fingerprint density at radius 1 is 1.29 bits per heavy atom. The number of nitrogens with zero attached hydrogens (tertiary/aromatic N) is 1. The Kier molecular flexibility index (Phi) is 4.12. The standard InChI is InChI=1S/C13H19NO3/c1-13(2,3)17-12(16)14(4)11-7-5-10(9-15)6-8-11/h5-8,15H,9H2,1-4H3. The number of ether oxygens (including phenoxy) is 1. The third-order valence-corrected chi connectivity index (χ3v) is 2.17. The fourth-order valence-electron chi connectivity index (χ4n) is 1.26. The average Bonchev–Trinajstić information content (AvgIpc) is 2.26. The maximum Gasteiger partial charge on any atom is 0.414 e. The van der Waals surface area contributed by atoms with E-state index in [4.69, 9.17) is 9.84 Å². The maximum absolute atomic E-state index is 11.8. The van der Waals surface area contributed by atoms with E-state index in [1.54, 1.807) is 31.3 Å². The van der Waals surface area contributed by atoms with Crippen LogP contribution in [0.15, 0.2) is 24.3 Å². The SMILES string of the molecule is CN(C(=O)OC(C)(C)C)c1ccc(CO)cc1. The van der Waals surface area contributed by atoms with Gasteiger partial charge in [-0.2, -0.15) is 0 Å². The number of amides is 1. The first-order valence-electron chi connectivity index (χ1n) is 5.50. The second-order valence-corrected chi connectivity index (χ2v) is 4.86. The van der Waals surface area contributed by atoms with Crippen LogP contribution in [-0.4, -0.2) is 23.8 Å². The van der Waals surface area contributed by atoms with Crippen LogP contribution >= 0.6 is 0 Å². The molecule has 4 nitrogen and oxygen atoms in total. The molecule has 4 heteroatoms. The zero-order chi connectivity index (χ0) is 13.1. The van der Waals surface area contributed by atoms with Gasteiger partial charge in [-0.1, -0.05) is 12.1 Å². The Labute approximate surface area is 102 Å². The molecule has 0 saturated heterocycles. The van der Waals surface area contributed by atoms with Crippen molar-refractivity contribution in [2.75, 3.05) is 11.9 Å². The van der Waals surface area contributed by atoms with Gasteiger partial charge in [-0.15, -0.1) is 0 Å². The number of aliphatic hydroxyl groups excluding tert-OH is 1. The summed E-state index contributed by atoms with van der Waals surface area (Å²) in [7, 11) is 1.65. The van der Waals surface area contributed by atoms with Gasteiger partial charge in [0, 0.05) is 12.7 Å². The molecular weight excluding hydrogens is 218 g/mol. The van der Waals surface area contributed by atoms with E-state index in [9.17, 15) is 4.79 Å². The van der Waals surface area contributed by atoms with Crippen LogP contribution in [0.1, 0.15) is 26.3 Å². The third-order valence-electron chi connectivity index (χ3n) is 2.17. The summed E-state index contributed by atoms with van der Waals surface area (Å²) in [6.45, 7) is 5.48. The quantitative estimate of drug-likeness (QED) is 0.860.